The molecule has 0 atom stereocenters. The number of halogens is 1. The quantitative estimate of drug-likeness (QED) is 0.290. The van der Waals surface area contributed by atoms with E-state index in [0.717, 1.165) is 70.5 Å². The molecule has 1 fully saturated rings. The number of aryl methyl sites for hydroxylation is 1. The van der Waals surface area contributed by atoms with Crippen LogP contribution in [-0.4, -0.2) is 56.7 Å². The number of piperazine rings is 1. The number of amides is 1. The summed E-state index contributed by atoms with van der Waals surface area (Å²) < 4.78 is 17.3. The molecule has 3 heterocycles. The number of anilines is 2. The molecule has 40 heavy (non-hydrogen) atoms. The first-order chi connectivity index (χ1) is 19.4. The zero-order chi connectivity index (χ0) is 27.8. The SMILES string of the molecule is CC(C)C(=O)N1CCN(Cc2ccc(-c3ccc4nccc(Nc5ccc6c(cnn6C)c5)c4c3)c(F)c2)CC1. The van der Waals surface area contributed by atoms with Crippen LogP contribution in [-0.2, 0) is 18.4 Å². The predicted octanol–water partition coefficient (Wildman–Crippen LogP) is 5.97. The van der Waals surface area contributed by atoms with Crippen molar-refractivity contribution in [3.05, 3.63) is 84.4 Å². The van der Waals surface area contributed by atoms with Crippen molar-refractivity contribution >= 4 is 39.1 Å². The van der Waals surface area contributed by atoms with E-state index >= 15 is 4.39 Å². The summed E-state index contributed by atoms with van der Waals surface area (Å²) in [7, 11) is 1.93. The van der Waals surface area contributed by atoms with E-state index in [2.05, 4.69) is 26.4 Å². The monoisotopic (exact) mass is 536 g/mol. The molecular formula is C32H33FN6O. The summed E-state index contributed by atoms with van der Waals surface area (Å²) in [6, 6.07) is 19.4. The third-order valence-corrected chi connectivity index (χ3v) is 7.70. The smallest absolute Gasteiger partial charge is 0.225 e. The van der Waals surface area contributed by atoms with Gasteiger partial charge in [-0.2, -0.15) is 5.10 Å². The fourth-order valence-electron chi connectivity index (χ4n) is 5.46. The zero-order valence-corrected chi connectivity index (χ0v) is 23.1. The standard InChI is InChI=1S/C32H33FN6O/c1-21(2)32(40)39-14-12-38(13-15-39)20-22-4-7-26(28(33)16-22)23-5-8-29-27(18-23)30(10-11-34-29)36-25-6-9-31-24(17-25)19-35-37(31)3/h4-11,16-19,21H,12-15,20H2,1-3H3,(H,34,36). The molecule has 1 aliphatic rings. The number of hydrogen-bond acceptors (Lipinski definition) is 5. The molecule has 1 N–H and O–H groups in total. The maximum absolute atomic E-state index is 15.4. The molecule has 0 saturated carbocycles. The van der Waals surface area contributed by atoms with E-state index < -0.39 is 0 Å². The Hall–Kier alpha value is -4.30. The Kier molecular flexibility index (Phi) is 6.94. The Morgan fingerprint density at radius 1 is 1.00 bits per heavy atom. The van der Waals surface area contributed by atoms with Gasteiger partial charge in [-0.15, -0.1) is 0 Å². The number of nitrogens with zero attached hydrogens (tertiary/aromatic N) is 5. The molecule has 1 saturated heterocycles. The van der Waals surface area contributed by atoms with Crippen LogP contribution in [0.1, 0.15) is 19.4 Å². The molecule has 2 aromatic heterocycles. The normalized spacial score (nSPS) is 14.4. The Labute approximate surface area is 233 Å². The van der Waals surface area contributed by atoms with E-state index in [1.165, 1.54) is 0 Å². The summed E-state index contributed by atoms with van der Waals surface area (Å²) in [4.78, 5) is 21.0. The number of hydrogen-bond donors (Lipinski definition) is 1. The fraction of sp³-hybridized carbons (Fsp3) is 0.281. The zero-order valence-electron chi connectivity index (χ0n) is 23.1. The summed E-state index contributed by atoms with van der Waals surface area (Å²) in [5.74, 6) is -0.0263. The van der Waals surface area contributed by atoms with Gasteiger partial charge in [-0.3, -0.25) is 19.4 Å². The van der Waals surface area contributed by atoms with Gasteiger partial charge < -0.3 is 10.2 Å². The van der Waals surface area contributed by atoms with Gasteiger partial charge in [0.15, 0.2) is 0 Å². The van der Waals surface area contributed by atoms with Crippen LogP contribution in [0.25, 0.3) is 32.9 Å². The first kappa shape index (κ1) is 26.0. The van der Waals surface area contributed by atoms with Crippen molar-refractivity contribution in [1.82, 2.24) is 24.6 Å². The molecule has 0 unspecified atom stereocenters. The average Bonchev–Trinajstić information content (AvgIpc) is 3.33. The third kappa shape index (κ3) is 5.14. The second kappa shape index (κ2) is 10.7. The number of aromatic nitrogens is 3. The van der Waals surface area contributed by atoms with Crippen molar-refractivity contribution in [2.45, 2.75) is 20.4 Å². The largest absolute Gasteiger partial charge is 0.355 e. The van der Waals surface area contributed by atoms with E-state index in [0.29, 0.717) is 12.1 Å². The van der Waals surface area contributed by atoms with Crippen molar-refractivity contribution in [1.29, 1.82) is 0 Å². The molecule has 0 bridgehead atoms. The minimum Gasteiger partial charge on any atom is -0.355 e. The van der Waals surface area contributed by atoms with Crippen molar-refractivity contribution in [2.75, 3.05) is 31.5 Å². The van der Waals surface area contributed by atoms with Gasteiger partial charge in [-0.05, 0) is 53.6 Å². The maximum Gasteiger partial charge on any atom is 0.225 e. The first-order valence-electron chi connectivity index (χ1n) is 13.7. The van der Waals surface area contributed by atoms with Crippen molar-refractivity contribution in [3.63, 3.8) is 0 Å². The van der Waals surface area contributed by atoms with Gasteiger partial charge in [0.1, 0.15) is 5.82 Å². The van der Waals surface area contributed by atoms with Crippen LogP contribution < -0.4 is 5.32 Å². The van der Waals surface area contributed by atoms with Crippen LogP contribution in [0.5, 0.6) is 0 Å². The molecule has 0 radical (unpaired) electrons. The number of pyridine rings is 1. The lowest BCUT2D eigenvalue weighted by Gasteiger charge is -2.35. The molecule has 5 aromatic rings. The molecule has 0 spiro atoms. The van der Waals surface area contributed by atoms with Gasteiger partial charge in [0.25, 0.3) is 0 Å². The molecule has 7 nitrogen and oxygen atoms in total. The fourth-order valence-corrected chi connectivity index (χ4v) is 5.46. The Bertz CT molecular complexity index is 1700. The summed E-state index contributed by atoms with van der Waals surface area (Å²) >= 11 is 0. The van der Waals surface area contributed by atoms with E-state index in [1.807, 2.05) is 85.2 Å². The Morgan fingerprint density at radius 3 is 2.60 bits per heavy atom. The van der Waals surface area contributed by atoms with Gasteiger partial charge in [-0.25, -0.2) is 4.39 Å². The molecule has 204 valence electrons. The molecular weight excluding hydrogens is 503 g/mol. The minimum absolute atomic E-state index is 0.0159. The van der Waals surface area contributed by atoms with Crippen LogP contribution in [0.15, 0.2) is 73.1 Å². The molecule has 0 aliphatic carbocycles. The lowest BCUT2D eigenvalue weighted by Crippen LogP contribution is -2.49. The highest BCUT2D eigenvalue weighted by Gasteiger charge is 2.23. The number of carbonyl (C=O) groups is 1. The van der Waals surface area contributed by atoms with Crippen LogP contribution in [0.4, 0.5) is 15.8 Å². The number of fused-ring (bicyclic) bond motifs is 2. The van der Waals surface area contributed by atoms with Crippen molar-refractivity contribution in [2.24, 2.45) is 13.0 Å². The molecule has 6 rings (SSSR count). The lowest BCUT2D eigenvalue weighted by atomic mass is 10.00. The third-order valence-electron chi connectivity index (χ3n) is 7.70. The van der Waals surface area contributed by atoms with Crippen LogP contribution in [0.3, 0.4) is 0 Å². The van der Waals surface area contributed by atoms with Gasteiger partial charge in [0.05, 0.1) is 17.2 Å². The van der Waals surface area contributed by atoms with Gasteiger partial charge in [0, 0.05) is 79.6 Å². The summed E-state index contributed by atoms with van der Waals surface area (Å²) in [6.45, 7) is 7.56. The van der Waals surface area contributed by atoms with Crippen LogP contribution >= 0.6 is 0 Å². The highest BCUT2D eigenvalue weighted by molar-refractivity contribution is 5.96. The van der Waals surface area contributed by atoms with Crippen molar-refractivity contribution < 1.29 is 9.18 Å². The summed E-state index contributed by atoms with van der Waals surface area (Å²) in [5.41, 5.74) is 6.05. The van der Waals surface area contributed by atoms with E-state index in [9.17, 15) is 4.79 Å². The maximum atomic E-state index is 15.4. The number of benzene rings is 3. The second-order valence-corrected chi connectivity index (χ2v) is 10.8. The number of nitrogens with one attached hydrogen (secondary N) is 1. The highest BCUT2D eigenvalue weighted by Crippen LogP contribution is 2.32. The second-order valence-electron chi connectivity index (χ2n) is 10.8. The topological polar surface area (TPSA) is 66.3 Å². The molecule has 3 aromatic carbocycles. The average molecular weight is 537 g/mol. The van der Waals surface area contributed by atoms with Gasteiger partial charge in [-0.1, -0.05) is 32.0 Å². The summed E-state index contributed by atoms with van der Waals surface area (Å²) in [6.07, 6.45) is 3.63. The number of carbonyl (C=O) groups excluding carboxylic acids is 1. The summed E-state index contributed by atoms with van der Waals surface area (Å²) in [5, 5.41) is 9.81. The van der Waals surface area contributed by atoms with E-state index in [-0.39, 0.29) is 17.6 Å². The van der Waals surface area contributed by atoms with Gasteiger partial charge in [0.2, 0.25) is 5.91 Å². The molecule has 1 amide bonds. The molecule has 8 heteroatoms. The van der Waals surface area contributed by atoms with Gasteiger partial charge >= 0.3 is 0 Å². The molecule has 1 aliphatic heterocycles. The predicted molar refractivity (Wildman–Crippen MR) is 158 cm³/mol. The Balaban J connectivity index is 1.21. The number of rotatable bonds is 6. The highest BCUT2D eigenvalue weighted by atomic mass is 19.1. The van der Waals surface area contributed by atoms with E-state index in [4.69, 9.17) is 0 Å². The van der Waals surface area contributed by atoms with Crippen molar-refractivity contribution in [3.8, 4) is 11.1 Å². The van der Waals surface area contributed by atoms with Crippen LogP contribution in [0, 0.1) is 11.7 Å². The first-order valence-corrected chi connectivity index (χ1v) is 13.7. The minimum atomic E-state index is -0.245. The Morgan fingerprint density at radius 2 is 1.82 bits per heavy atom. The van der Waals surface area contributed by atoms with Crippen LogP contribution in [0.2, 0.25) is 0 Å². The lowest BCUT2D eigenvalue weighted by molar-refractivity contribution is -0.136. The van der Waals surface area contributed by atoms with E-state index in [1.54, 1.807) is 12.3 Å².